The molecule has 0 spiro atoms. The van der Waals surface area contributed by atoms with E-state index in [4.69, 9.17) is 4.98 Å². The molecular weight excluding hydrogens is 352 g/mol. The van der Waals surface area contributed by atoms with Crippen molar-refractivity contribution in [1.82, 2.24) is 9.97 Å². The number of hydrogen-bond acceptors (Lipinski definition) is 4. The lowest BCUT2D eigenvalue weighted by atomic mass is 9.99. The van der Waals surface area contributed by atoms with Crippen LogP contribution in [0.15, 0.2) is 28.7 Å². The van der Waals surface area contributed by atoms with E-state index in [1.165, 1.54) is 18.4 Å². The van der Waals surface area contributed by atoms with E-state index in [2.05, 4.69) is 63.2 Å². The molecule has 1 saturated heterocycles. The number of hydrogen-bond donors (Lipinski definition) is 1. The minimum Gasteiger partial charge on any atom is -0.356 e. The van der Waals surface area contributed by atoms with Crippen LogP contribution >= 0.6 is 15.9 Å². The van der Waals surface area contributed by atoms with Crippen molar-refractivity contribution in [2.24, 2.45) is 5.92 Å². The Hall–Kier alpha value is -1.62. The molecule has 0 saturated carbocycles. The molecule has 1 aromatic heterocycles. The van der Waals surface area contributed by atoms with Crippen LogP contribution in [0, 0.1) is 19.8 Å². The third kappa shape index (κ3) is 4.02. The summed E-state index contributed by atoms with van der Waals surface area (Å²) in [5, 5.41) is 3.33. The summed E-state index contributed by atoms with van der Waals surface area (Å²) in [6.45, 7) is 8.57. The number of benzene rings is 1. The first-order chi connectivity index (χ1) is 11.0. The van der Waals surface area contributed by atoms with Gasteiger partial charge in [0.05, 0.1) is 5.69 Å². The van der Waals surface area contributed by atoms with E-state index in [1.54, 1.807) is 0 Å². The minimum atomic E-state index is 0.656. The molecule has 1 fully saturated rings. The molecule has 0 unspecified atom stereocenters. The highest BCUT2D eigenvalue weighted by Gasteiger charge is 2.18. The Balaban J connectivity index is 1.82. The molecule has 0 radical (unpaired) electrons. The van der Waals surface area contributed by atoms with Crippen LogP contribution in [0.1, 0.15) is 31.0 Å². The zero-order chi connectivity index (χ0) is 16.4. The molecular formula is C18H23BrN4. The second-order valence-electron chi connectivity index (χ2n) is 6.47. The van der Waals surface area contributed by atoms with Crippen LogP contribution in [0.2, 0.25) is 0 Å². The Morgan fingerprint density at radius 1 is 1.13 bits per heavy atom. The number of nitrogens with zero attached hydrogens (tertiary/aromatic N) is 3. The highest BCUT2D eigenvalue weighted by Crippen LogP contribution is 2.27. The summed E-state index contributed by atoms with van der Waals surface area (Å²) in [4.78, 5) is 11.6. The molecule has 1 N–H and O–H groups in total. The third-order valence-electron chi connectivity index (χ3n) is 4.32. The second-order valence-corrected chi connectivity index (χ2v) is 7.32. The molecule has 23 heavy (non-hydrogen) atoms. The fourth-order valence-corrected chi connectivity index (χ4v) is 3.44. The van der Waals surface area contributed by atoms with Crippen LogP contribution in [-0.2, 0) is 0 Å². The lowest BCUT2D eigenvalue weighted by Gasteiger charge is -2.31. The molecule has 1 aliphatic heterocycles. The number of aryl methyl sites for hydroxylation is 2. The van der Waals surface area contributed by atoms with Crippen LogP contribution in [-0.4, -0.2) is 23.1 Å². The summed E-state index contributed by atoms with van der Waals surface area (Å²) in [5.41, 5.74) is 3.19. The Morgan fingerprint density at radius 2 is 1.87 bits per heavy atom. The fraction of sp³-hybridized carbons (Fsp3) is 0.444. The first-order valence-corrected chi connectivity index (χ1v) is 8.94. The van der Waals surface area contributed by atoms with E-state index >= 15 is 0 Å². The van der Waals surface area contributed by atoms with Crippen LogP contribution < -0.4 is 10.2 Å². The summed E-state index contributed by atoms with van der Waals surface area (Å²) in [7, 11) is 0. The van der Waals surface area contributed by atoms with E-state index in [9.17, 15) is 0 Å². The topological polar surface area (TPSA) is 41.1 Å². The van der Waals surface area contributed by atoms with E-state index in [0.717, 1.165) is 40.7 Å². The van der Waals surface area contributed by atoms with Crippen molar-refractivity contribution in [3.63, 3.8) is 0 Å². The van der Waals surface area contributed by atoms with Crippen LogP contribution in [0.4, 0.5) is 17.5 Å². The van der Waals surface area contributed by atoms with Gasteiger partial charge in [0.1, 0.15) is 5.82 Å². The third-order valence-corrected chi connectivity index (χ3v) is 4.98. The second kappa shape index (κ2) is 6.87. The zero-order valence-electron chi connectivity index (χ0n) is 13.9. The normalized spacial score (nSPS) is 15.7. The number of piperidine rings is 1. The van der Waals surface area contributed by atoms with Gasteiger partial charge in [-0.3, -0.25) is 0 Å². The number of nitrogens with one attached hydrogen (secondary N) is 1. The van der Waals surface area contributed by atoms with Crippen molar-refractivity contribution in [3.05, 3.63) is 40.0 Å². The Morgan fingerprint density at radius 3 is 2.57 bits per heavy atom. The van der Waals surface area contributed by atoms with Crippen molar-refractivity contribution in [1.29, 1.82) is 0 Å². The average molecular weight is 375 g/mol. The first kappa shape index (κ1) is 16.2. The number of rotatable bonds is 3. The van der Waals surface area contributed by atoms with E-state index in [0.29, 0.717) is 5.95 Å². The predicted molar refractivity (Wildman–Crippen MR) is 99.5 cm³/mol. The summed E-state index contributed by atoms with van der Waals surface area (Å²) in [6, 6.07) is 8.29. The SMILES string of the molecule is Cc1ccc(Nc2nc(C)cc(N3CCC(C)CC3)n2)c(Br)c1. The van der Waals surface area contributed by atoms with Gasteiger partial charge in [-0.25, -0.2) is 4.98 Å². The van der Waals surface area contributed by atoms with Gasteiger partial charge in [-0.05, 0) is 66.2 Å². The molecule has 5 heteroatoms. The molecule has 0 atom stereocenters. The van der Waals surface area contributed by atoms with Crippen LogP contribution in [0.3, 0.4) is 0 Å². The van der Waals surface area contributed by atoms with E-state index in [1.807, 2.05) is 13.0 Å². The van der Waals surface area contributed by atoms with Gasteiger partial charge in [0.15, 0.2) is 0 Å². The number of halogens is 1. The van der Waals surface area contributed by atoms with Gasteiger partial charge < -0.3 is 10.2 Å². The summed E-state index contributed by atoms with van der Waals surface area (Å²) in [5.74, 6) is 2.49. The average Bonchev–Trinajstić information content (AvgIpc) is 2.50. The maximum atomic E-state index is 4.72. The van der Waals surface area contributed by atoms with Gasteiger partial charge in [0.25, 0.3) is 0 Å². The maximum Gasteiger partial charge on any atom is 0.229 e. The quantitative estimate of drug-likeness (QED) is 0.834. The van der Waals surface area contributed by atoms with Crippen molar-refractivity contribution in [3.8, 4) is 0 Å². The molecule has 0 aliphatic carbocycles. The first-order valence-electron chi connectivity index (χ1n) is 8.15. The maximum absolute atomic E-state index is 4.72. The minimum absolute atomic E-state index is 0.656. The van der Waals surface area contributed by atoms with Crippen molar-refractivity contribution in [2.45, 2.75) is 33.6 Å². The van der Waals surface area contributed by atoms with Crippen molar-refractivity contribution in [2.75, 3.05) is 23.3 Å². The molecule has 1 aromatic carbocycles. The van der Waals surface area contributed by atoms with Crippen LogP contribution in [0.5, 0.6) is 0 Å². The van der Waals surface area contributed by atoms with Crippen LogP contribution in [0.25, 0.3) is 0 Å². The van der Waals surface area contributed by atoms with Gasteiger partial charge in [-0.1, -0.05) is 13.0 Å². The molecule has 2 aromatic rings. The fourth-order valence-electron chi connectivity index (χ4n) is 2.85. The molecule has 1 aliphatic rings. The molecule has 4 nitrogen and oxygen atoms in total. The molecule has 2 heterocycles. The lowest BCUT2D eigenvalue weighted by molar-refractivity contribution is 0.436. The monoisotopic (exact) mass is 374 g/mol. The van der Waals surface area contributed by atoms with Gasteiger partial charge in [-0.15, -0.1) is 0 Å². The predicted octanol–water partition coefficient (Wildman–Crippen LogP) is 4.84. The molecule has 0 bridgehead atoms. The molecule has 3 rings (SSSR count). The number of aromatic nitrogens is 2. The highest BCUT2D eigenvalue weighted by molar-refractivity contribution is 9.10. The largest absolute Gasteiger partial charge is 0.356 e. The lowest BCUT2D eigenvalue weighted by Crippen LogP contribution is -2.33. The Labute approximate surface area is 146 Å². The highest BCUT2D eigenvalue weighted by atomic mass is 79.9. The van der Waals surface area contributed by atoms with Gasteiger partial charge >= 0.3 is 0 Å². The van der Waals surface area contributed by atoms with Crippen molar-refractivity contribution >= 4 is 33.4 Å². The van der Waals surface area contributed by atoms with E-state index < -0.39 is 0 Å². The van der Waals surface area contributed by atoms with E-state index in [-0.39, 0.29) is 0 Å². The zero-order valence-corrected chi connectivity index (χ0v) is 15.5. The Bertz CT molecular complexity index is 693. The van der Waals surface area contributed by atoms with Gasteiger partial charge in [0, 0.05) is 29.3 Å². The summed E-state index contributed by atoms with van der Waals surface area (Å²) >= 11 is 3.60. The molecule has 0 amide bonds. The summed E-state index contributed by atoms with van der Waals surface area (Å²) in [6.07, 6.45) is 2.46. The standard InChI is InChI=1S/C18H23BrN4/c1-12-6-8-23(9-7-12)17-11-14(3)20-18(22-17)21-16-5-4-13(2)10-15(16)19/h4-5,10-12H,6-9H2,1-3H3,(H,20,21,22). The smallest absolute Gasteiger partial charge is 0.229 e. The molecule has 122 valence electrons. The van der Waals surface area contributed by atoms with Gasteiger partial charge in [0.2, 0.25) is 5.95 Å². The summed E-state index contributed by atoms with van der Waals surface area (Å²) < 4.78 is 1.02. The Kier molecular flexibility index (Phi) is 4.85. The number of anilines is 3. The van der Waals surface area contributed by atoms with Gasteiger partial charge in [-0.2, -0.15) is 4.98 Å². The van der Waals surface area contributed by atoms with Crippen molar-refractivity contribution < 1.29 is 0 Å².